The van der Waals surface area contributed by atoms with Crippen molar-refractivity contribution in [2.75, 3.05) is 6.61 Å². The van der Waals surface area contributed by atoms with Gasteiger partial charge in [0.1, 0.15) is 24.9 Å². The molecule has 0 bridgehead atoms. The van der Waals surface area contributed by atoms with E-state index >= 15 is 0 Å². The van der Waals surface area contributed by atoms with E-state index in [1.54, 1.807) is 24.3 Å². The van der Waals surface area contributed by atoms with Gasteiger partial charge in [0.2, 0.25) is 0 Å². The maximum Gasteiger partial charge on any atom is 0.303 e. The van der Waals surface area contributed by atoms with Gasteiger partial charge in [-0.15, -0.1) is 0 Å². The van der Waals surface area contributed by atoms with Crippen LogP contribution in [0.2, 0.25) is 0 Å². The van der Waals surface area contributed by atoms with Crippen LogP contribution in [0, 0.1) is 0 Å². The molecule has 1 fully saturated rings. The number of benzene rings is 1. The second-order valence-corrected chi connectivity index (χ2v) is 6.77. The summed E-state index contributed by atoms with van der Waals surface area (Å²) in [5, 5.41) is 21.2. The first-order valence-corrected chi connectivity index (χ1v) is 9.34. The van der Waals surface area contributed by atoms with Crippen LogP contribution in [-0.2, 0) is 44.7 Å². The van der Waals surface area contributed by atoms with Crippen LogP contribution in [0.4, 0.5) is 0 Å². The Labute approximate surface area is 173 Å². The number of aliphatic hydroxyl groups excluding tert-OH is 2. The maximum absolute atomic E-state index is 11.6. The van der Waals surface area contributed by atoms with Gasteiger partial charge in [-0.2, -0.15) is 0 Å². The van der Waals surface area contributed by atoms with Gasteiger partial charge in [0.25, 0.3) is 0 Å². The predicted octanol–water partition coefficient (Wildman–Crippen LogP) is 0.0764. The van der Waals surface area contributed by atoms with Crippen molar-refractivity contribution in [3.05, 3.63) is 35.9 Å². The number of hydrogen-bond acceptors (Lipinski definition) is 10. The first-order chi connectivity index (χ1) is 14.2. The molecule has 2 rings (SSSR count). The van der Waals surface area contributed by atoms with E-state index in [9.17, 15) is 24.6 Å². The van der Waals surface area contributed by atoms with Crippen LogP contribution in [-0.4, -0.2) is 71.5 Å². The lowest BCUT2D eigenvalue weighted by molar-refractivity contribution is -0.312. The molecular formula is C20H26O10. The Morgan fingerprint density at radius 3 is 2.23 bits per heavy atom. The highest BCUT2D eigenvalue weighted by molar-refractivity contribution is 5.67. The quantitative estimate of drug-likeness (QED) is 0.434. The summed E-state index contributed by atoms with van der Waals surface area (Å²) in [6.45, 7) is 3.05. The van der Waals surface area contributed by atoms with Crippen molar-refractivity contribution >= 4 is 17.9 Å². The van der Waals surface area contributed by atoms with Crippen molar-refractivity contribution in [3.8, 4) is 0 Å². The van der Waals surface area contributed by atoms with E-state index in [2.05, 4.69) is 0 Å². The lowest BCUT2D eigenvalue weighted by Crippen LogP contribution is -2.63. The summed E-state index contributed by atoms with van der Waals surface area (Å²) in [5.41, 5.74) is 0.788. The average Bonchev–Trinajstić information content (AvgIpc) is 2.67. The molecule has 1 aliphatic heterocycles. The third-order valence-electron chi connectivity index (χ3n) is 4.30. The van der Waals surface area contributed by atoms with E-state index in [0.717, 1.165) is 26.3 Å². The second kappa shape index (κ2) is 11.0. The minimum absolute atomic E-state index is 0.0568. The van der Waals surface area contributed by atoms with Crippen molar-refractivity contribution in [2.45, 2.75) is 64.2 Å². The standard InChI is InChI=1S/C20H26O10/c1-11(21)26-10-15(28-12(2)22)17-18(29-13(3)23)16(24)19(20(25)30-17)27-9-14-7-5-4-6-8-14/h4-8,15-20,24-25H,9-10H2,1-3H3/t15-,16-,17+,18-,19-,20-/m0/s1. The van der Waals surface area contributed by atoms with E-state index in [0.29, 0.717) is 0 Å². The molecule has 0 aliphatic carbocycles. The molecule has 166 valence electrons. The molecule has 0 amide bonds. The van der Waals surface area contributed by atoms with Crippen LogP contribution in [0.1, 0.15) is 26.3 Å². The number of hydrogen-bond donors (Lipinski definition) is 2. The molecule has 1 aliphatic rings. The molecule has 0 spiro atoms. The minimum atomic E-state index is -1.63. The number of aliphatic hydroxyl groups is 2. The topological polar surface area (TPSA) is 138 Å². The van der Waals surface area contributed by atoms with Crippen LogP contribution >= 0.6 is 0 Å². The van der Waals surface area contributed by atoms with Gasteiger partial charge in [-0.3, -0.25) is 14.4 Å². The lowest BCUT2D eigenvalue weighted by atomic mass is 9.95. The third kappa shape index (κ3) is 6.77. The molecule has 0 saturated carbocycles. The molecule has 1 aromatic carbocycles. The van der Waals surface area contributed by atoms with E-state index < -0.39 is 61.3 Å². The van der Waals surface area contributed by atoms with Gasteiger partial charge >= 0.3 is 17.9 Å². The molecule has 1 heterocycles. The van der Waals surface area contributed by atoms with E-state index in [1.165, 1.54) is 0 Å². The third-order valence-corrected chi connectivity index (χ3v) is 4.30. The van der Waals surface area contributed by atoms with Gasteiger partial charge in [0.15, 0.2) is 18.5 Å². The summed E-state index contributed by atoms with van der Waals surface area (Å²) in [6, 6.07) is 9.03. The Balaban J connectivity index is 2.20. The van der Waals surface area contributed by atoms with Gasteiger partial charge in [0.05, 0.1) is 6.61 Å². The summed E-state index contributed by atoms with van der Waals surface area (Å²) in [5.74, 6) is -2.10. The lowest BCUT2D eigenvalue weighted by Gasteiger charge is -2.43. The zero-order valence-corrected chi connectivity index (χ0v) is 16.9. The molecule has 0 aromatic heterocycles. The molecule has 30 heavy (non-hydrogen) atoms. The van der Waals surface area contributed by atoms with Crippen LogP contribution < -0.4 is 0 Å². The van der Waals surface area contributed by atoms with Crippen molar-refractivity contribution < 1.29 is 48.3 Å². The van der Waals surface area contributed by atoms with Crippen molar-refractivity contribution in [1.82, 2.24) is 0 Å². The van der Waals surface area contributed by atoms with Gasteiger partial charge in [0, 0.05) is 20.8 Å². The van der Waals surface area contributed by atoms with Gasteiger partial charge in [-0.25, -0.2) is 0 Å². The normalized spacial score (nSPS) is 27.0. The van der Waals surface area contributed by atoms with Gasteiger partial charge < -0.3 is 33.9 Å². The summed E-state index contributed by atoms with van der Waals surface area (Å²) >= 11 is 0. The number of esters is 3. The summed E-state index contributed by atoms with van der Waals surface area (Å²) in [6.07, 6.45) is -8.30. The van der Waals surface area contributed by atoms with E-state index in [1.807, 2.05) is 6.07 Å². The molecule has 10 nitrogen and oxygen atoms in total. The fourth-order valence-electron chi connectivity index (χ4n) is 3.05. The summed E-state index contributed by atoms with van der Waals surface area (Å²) in [4.78, 5) is 34.2. The minimum Gasteiger partial charge on any atom is -0.462 e. The Bertz CT molecular complexity index is 722. The number of ether oxygens (including phenoxy) is 5. The van der Waals surface area contributed by atoms with E-state index in [-0.39, 0.29) is 6.61 Å². The van der Waals surface area contributed by atoms with Crippen molar-refractivity contribution in [1.29, 1.82) is 0 Å². The molecule has 6 atom stereocenters. The Hall–Kier alpha value is -2.53. The predicted molar refractivity (Wildman–Crippen MR) is 99.6 cm³/mol. The van der Waals surface area contributed by atoms with Crippen LogP contribution in [0.3, 0.4) is 0 Å². The first kappa shape index (κ1) is 23.7. The second-order valence-electron chi connectivity index (χ2n) is 6.77. The molecule has 1 saturated heterocycles. The average molecular weight is 426 g/mol. The number of rotatable bonds is 8. The smallest absolute Gasteiger partial charge is 0.303 e. The van der Waals surface area contributed by atoms with Crippen LogP contribution in [0.25, 0.3) is 0 Å². The summed E-state index contributed by atoms with van der Waals surface area (Å²) in [7, 11) is 0. The van der Waals surface area contributed by atoms with Crippen molar-refractivity contribution in [3.63, 3.8) is 0 Å². The summed E-state index contributed by atoms with van der Waals surface area (Å²) < 4.78 is 26.3. The van der Waals surface area contributed by atoms with Crippen LogP contribution in [0.5, 0.6) is 0 Å². The zero-order chi connectivity index (χ0) is 22.3. The molecule has 1 aromatic rings. The SMILES string of the molecule is CC(=O)OC[C@H](OC(C)=O)[C@H]1O[C@H](O)[C@@H](OCc2ccccc2)[C@@H](O)[C@@H]1OC(C)=O. The molecule has 0 radical (unpaired) electrons. The highest BCUT2D eigenvalue weighted by Crippen LogP contribution is 2.29. The number of carbonyl (C=O) groups excluding carboxylic acids is 3. The monoisotopic (exact) mass is 426 g/mol. The van der Waals surface area contributed by atoms with E-state index in [4.69, 9.17) is 23.7 Å². The largest absolute Gasteiger partial charge is 0.462 e. The Morgan fingerprint density at radius 2 is 1.67 bits per heavy atom. The number of carbonyl (C=O) groups is 3. The Kier molecular flexibility index (Phi) is 8.72. The van der Waals surface area contributed by atoms with Gasteiger partial charge in [-0.05, 0) is 5.56 Å². The molecule has 2 N–H and O–H groups in total. The van der Waals surface area contributed by atoms with Crippen molar-refractivity contribution in [2.24, 2.45) is 0 Å². The molecule has 10 heteroatoms. The Morgan fingerprint density at radius 1 is 1.00 bits per heavy atom. The van der Waals surface area contributed by atoms with Gasteiger partial charge in [-0.1, -0.05) is 30.3 Å². The fourth-order valence-corrected chi connectivity index (χ4v) is 3.05. The maximum atomic E-state index is 11.6. The zero-order valence-electron chi connectivity index (χ0n) is 16.9. The highest BCUT2D eigenvalue weighted by Gasteiger charge is 2.51. The molecular weight excluding hydrogens is 400 g/mol. The van der Waals surface area contributed by atoms with Crippen LogP contribution in [0.15, 0.2) is 30.3 Å². The fraction of sp³-hybridized carbons (Fsp3) is 0.550. The first-order valence-electron chi connectivity index (χ1n) is 9.34. The molecule has 0 unspecified atom stereocenters. The highest BCUT2D eigenvalue weighted by atomic mass is 16.7.